The van der Waals surface area contributed by atoms with Crippen molar-refractivity contribution in [3.63, 3.8) is 0 Å². The van der Waals surface area contributed by atoms with Gasteiger partial charge in [-0.15, -0.1) is 0 Å². The summed E-state index contributed by atoms with van der Waals surface area (Å²) in [5.41, 5.74) is 2.37. The molecule has 2 bridgehead atoms. The van der Waals surface area contributed by atoms with Crippen molar-refractivity contribution >= 4 is 0 Å². The second-order valence-electron chi connectivity index (χ2n) is 8.02. The fourth-order valence-electron chi connectivity index (χ4n) is 5.49. The lowest BCUT2D eigenvalue weighted by molar-refractivity contribution is -0.00874. The minimum absolute atomic E-state index is 0.161. The lowest BCUT2D eigenvalue weighted by atomic mass is 9.75. The second kappa shape index (κ2) is 6.84. The number of benzene rings is 1. The summed E-state index contributed by atoms with van der Waals surface area (Å²) in [5.74, 6) is 1.02. The van der Waals surface area contributed by atoms with Crippen LogP contribution < -0.4 is 4.74 Å². The maximum atomic E-state index is 13.4. The van der Waals surface area contributed by atoms with Gasteiger partial charge in [0.25, 0.3) is 0 Å². The van der Waals surface area contributed by atoms with Crippen molar-refractivity contribution in [1.82, 2.24) is 19.8 Å². The Labute approximate surface area is 159 Å². The molecule has 6 rings (SSSR count). The van der Waals surface area contributed by atoms with Gasteiger partial charge >= 0.3 is 6.01 Å². The number of hydrogen-bond acceptors (Lipinski definition) is 5. The van der Waals surface area contributed by atoms with Crippen LogP contribution in [0.25, 0.3) is 0 Å². The first-order valence-electron chi connectivity index (χ1n) is 9.81. The highest BCUT2D eigenvalue weighted by Crippen LogP contribution is 2.46. The molecule has 4 aliphatic heterocycles. The number of nitrogens with zero attached hydrogens (tertiary/aromatic N) is 4. The summed E-state index contributed by atoms with van der Waals surface area (Å²) in [4.78, 5) is 13.8. The molecule has 5 nitrogen and oxygen atoms in total. The first-order chi connectivity index (χ1) is 13.2. The number of fused-ring (bicyclic) bond motifs is 2. The van der Waals surface area contributed by atoms with Crippen LogP contribution in [0.3, 0.4) is 0 Å². The number of aromatic nitrogens is 2. The summed E-state index contributed by atoms with van der Waals surface area (Å²) >= 11 is 0. The van der Waals surface area contributed by atoms with Crippen LogP contribution in [0.15, 0.2) is 36.7 Å². The third-order valence-corrected chi connectivity index (χ3v) is 6.64. The summed E-state index contributed by atoms with van der Waals surface area (Å²) in [6.45, 7) is 4.25. The van der Waals surface area contributed by atoms with Gasteiger partial charge in [0.05, 0.1) is 7.11 Å². The van der Waals surface area contributed by atoms with Crippen LogP contribution in [-0.4, -0.2) is 58.6 Å². The van der Waals surface area contributed by atoms with E-state index in [0.29, 0.717) is 24.0 Å². The fraction of sp³-hybridized carbons (Fsp3) is 0.524. The molecule has 5 heterocycles. The van der Waals surface area contributed by atoms with E-state index >= 15 is 0 Å². The number of methoxy groups -OCH3 is 1. The number of hydrogen-bond donors (Lipinski definition) is 0. The van der Waals surface area contributed by atoms with Crippen molar-refractivity contribution in [1.29, 1.82) is 0 Å². The number of halogens is 1. The molecule has 27 heavy (non-hydrogen) atoms. The van der Waals surface area contributed by atoms with Gasteiger partial charge < -0.3 is 4.74 Å². The van der Waals surface area contributed by atoms with Gasteiger partial charge in [0.2, 0.25) is 0 Å². The summed E-state index contributed by atoms with van der Waals surface area (Å²) in [6.07, 6.45) is 6.31. The van der Waals surface area contributed by atoms with Crippen molar-refractivity contribution in [2.45, 2.75) is 37.4 Å². The van der Waals surface area contributed by atoms with Crippen molar-refractivity contribution in [2.75, 3.05) is 26.7 Å². The predicted octanol–water partition coefficient (Wildman–Crippen LogP) is 2.69. The van der Waals surface area contributed by atoms with E-state index in [1.807, 2.05) is 24.5 Å². The number of piperidine rings is 3. The molecule has 4 aliphatic rings. The van der Waals surface area contributed by atoms with E-state index in [1.165, 1.54) is 31.5 Å². The zero-order valence-corrected chi connectivity index (χ0v) is 15.6. The van der Waals surface area contributed by atoms with Crippen LogP contribution >= 0.6 is 0 Å². The van der Waals surface area contributed by atoms with Crippen LogP contribution in [0.2, 0.25) is 0 Å². The first kappa shape index (κ1) is 17.1. The topological polar surface area (TPSA) is 41.5 Å². The molecule has 2 aromatic rings. The number of ether oxygens (including phenoxy) is 1. The van der Waals surface area contributed by atoms with E-state index in [9.17, 15) is 4.39 Å². The zero-order valence-electron chi connectivity index (χ0n) is 15.6. The largest absolute Gasteiger partial charge is 0.467 e. The van der Waals surface area contributed by atoms with Gasteiger partial charge in [0.1, 0.15) is 5.82 Å². The summed E-state index contributed by atoms with van der Waals surface area (Å²) in [5, 5.41) is 0. The molecular formula is C21H25FN4O. The Hall–Kier alpha value is -2.05. The molecule has 0 unspecified atom stereocenters. The number of likely N-dealkylation sites (tertiary alicyclic amines) is 1. The van der Waals surface area contributed by atoms with E-state index < -0.39 is 0 Å². The minimum atomic E-state index is -0.161. The Kier molecular flexibility index (Phi) is 4.32. The molecule has 142 valence electrons. The smallest absolute Gasteiger partial charge is 0.316 e. The quantitative estimate of drug-likeness (QED) is 0.830. The Balaban J connectivity index is 1.43. The average molecular weight is 368 g/mol. The minimum Gasteiger partial charge on any atom is -0.467 e. The maximum Gasteiger partial charge on any atom is 0.316 e. The molecule has 1 aromatic carbocycles. The maximum absolute atomic E-state index is 13.4. The Morgan fingerprint density at radius 1 is 1.07 bits per heavy atom. The lowest BCUT2D eigenvalue weighted by Crippen LogP contribution is -2.59. The third kappa shape index (κ3) is 3.01. The predicted molar refractivity (Wildman–Crippen MR) is 100 cm³/mol. The average Bonchev–Trinajstić information content (AvgIpc) is 3.11. The molecule has 0 saturated carbocycles. The van der Waals surface area contributed by atoms with E-state index in [4.69, 9.17) is 4.74 Å². The van der Waals surface area contributed by atoms with Crippen molar-refractivity contribution in [2.24, 2.45) is 5.92 Å². The lowest BCUT2D eigenvalue weighted by Gasteiger charge is -2.51. The summed E-state index contributed by atoms with van der Waals surface area (Å²) < 4.78 is 18.5. The van der Waals surface area contributed by atoms with Gasteiger partial charge in [-0.2, -0.15) is 0 Å². The molecule has 0 aliphatic carbocycles. The van der Waals surface area contributed by atoms with Gasteiger partial charge in [-0.3, -0.25) is 9.80 Å². The molecule has 1 aromatic heterocycles. The van der Waals surface area contributed by atoms with E-state index in [-0.39, 0.29) is 5.82 Å². The van der Waals surface area contributed by atoms with E-state index in [1.54, 1.807) is 19.2 Å². The Morgan fingerprint density at radius 3 is 2.44 bits per heavy atom. The molecule has 4 fully saturated rings. The SMILES string of the molecule is COc1ncc(CN2C[C@H](c3ccc(F)cc3)[C@@H]3[C@H]2C2CCN3CC2)cn1. The van der Waals surface area contributed by atoms with Crippen LogP contribution in [0.1, 0.15) is 29.9 Å². The molecule has 3 atom stereocenters. The standard InChI is InChI=1S/C21H25FN4O/c1-27-21-23-10-14(11-24-21)12-26-13-18(15-2-4-17(22)5-3-15)20-19(26)16-6-8-25(20)9-7-16/h2-5,10-11,16,18-20H,6-9,12-13H2,1H3/t18-,19-,20-/m1/s1. The van der Waals surface area contributed by atoms with Gasteiger partial charge in [-0.25, -0.2) is 14.4 Å². The highest BCUT2D eigenvalue weighted by Gasteiger charge is 2.53. The Morgan fingerprint density at radius 2 is 1.78 bits per heavy atom. The zero-order chi connectivity index (χ0) is 18.4. The van der Waals surface area contributed by atoms with Gasteiger partial charge in [-0.1, -0.05) is 12.1 Å². The molecule has 6 heteroatoms. The van der Waals surface area contributed by atoms with Crippen molar-refractivity contribution in [3.8, 4) is 6.01 Å². The molecule has 0 amide bonds. The van der Waals surface area contributed by atoms with Gasteiger partial charge in [0, 0.05) is 49.0 Å². The molecule has 0 radical (unpaired) electrons. The number of rotatable bonds is 4. The molecule has 0 N–H and O–H groups in total. The van der Waals surface area contributed by atoms with Crippen molar-refractivity contribution < 1.29 is 9.13 Å². The highest BCUT2D eigenvalue weighted by atomic mass is 19.1. The fourth-order valence-corrected chi connectivity index (χ4v) is 5.49. The van der Waals surface area contributed by atoms with Crippen molar-refractivity contribution in [3.05, 3.63) is 53.6 Å². The molecule has 4 saturated heterocycles. The second-order valence-corrected chi connectivity index (χ2v) is 8.02. The summed E-state index contributed by atoms with van der Waals surface area (Å²) in [6, 6.07) is 8.64. The summed E-state index contributed by atoms with van der Waals surface area (Å²) in [7, 11) is 1.58. The van der Waals surface area contributed by atoms with Crippen LogP contribution in [0, 0.1) is 11.7 Å². The van der Waals surface area contributed by atoms with Crippen LogP contribution in [0.5, 0.6) is 6.01 Å². The van der Waals surface area contributed by atoms with Crippen LogP contribution in [-0.2, 0) is 6.54 Å². The van der Waals surface area contributed by atoms with Gasteiger partial charge in [-0.05, 0) is 49.5 Å². The van der Waals surface area contributed by atoms with Crippen LogP contribution in [0.4, 0.5) is 4.39 Å². The van der Waals surface area contributed by atoms with E-state index in [2.05, 4.69) is 19.8 Å². The Bertz CT molecular complexity index is 789. The third-order valence-electron chi connectivity index (χ3n) is 6.64. The highest BCUT2D eigenvalue weighted by molar-refractivity contribution is 5.28. The molecular weight excluding hydrogens is 343 g/mol. The van der Waals surface area contributed by atoms with E-state index in [0.717, 1.165) is 24.6 Å². The van der Waals surface area contributed by atoms with Gasteiger partial charge in [0.15, 0.2) is 0 Å². The normalized spacial score (nSPS) is 32.4. The molecule has 0 spiro atoms. The monoisotopic (exact) mass is 368 g/mol. The first-order valence-corrected chi connectivity index (χ1v) is 9.81.